The lowest BCUT2D eigenvalue weighted by Gasteiger charge is -2.12. The first kappa shape index (κ1) is 23.5. The van der Waals surface area contributed by atoms with Gasteiger partial charge in [0.15, 0.2) is 0 Å². The molecule has 5 rings (SSSR count). The first-order valence-electron chi connectivity index (χ1n) is 9.82. The lowest BCUT2D eigenvalue weighted by atomic mass is 10.0. The fourth-order valence-electron chi connectivity index (χ4n) is 3.96. The molecule has 1 heterocycles. The molecule has 0 saturated carbocycles. The van der Waals surface area contributed by atoms with Crippen LogP contribution in [0.4, 0.5) is 4.39 Å². The summed E-state index contributed by atoms with van der Waals surface area (Å²) in [6.45, 7) is 0. The van der Waals surface area contributed by atoms with E-state index in [2.05, 4.69) is 9.97 Å². The number of para-hydroxylation sites is 1. The van der Waals surface area contributed by atoms with E-state index in [0.717, 1.165) is 17.2 Å². The van der Waals surface area contributed by atoms with Gasteiger partial charge in [-0.25, -0.2) is 9.37 Å². The van der Waals surface area contributed by atoms with Crippen molar-refractivity contribution in [2.45, 2.75) is 4.90 Å². The standard InChI is InChI=1S/C24H17FN2O5S.ClH/c1-32-23-17(13-5-8-15(25)9-6-13)3-2-4-18(23)24-26-19-10-7-14-11-16(33(29,30)31)12-20(28)21(14)22(19)27-24;/h2-12,28H,1H3,(H,26,27)(H,29,30,31);1H. The van der Waals surface area contributed by atoms with Gasteiger partial charge in [0.2, 0.25) is 0 Å². The zero-order chi connectivity index (χ0) is 23.3. The minimum Gasteiger partial charge on any atom is -0.507 e. The highest BCUT2D eigenvalue weighted by Gasteiger charge is 2.19. The van der Waals surface area contributed by atoms with E-state index in [4.69, 9.17) is 4.74 Å². The smallest absolute Gasteiger partial charge is 0.294 e. The van der Waals surface area contributed by atoms with Gasteiger partial charge in [-0.1, -0.05) is 30.3 Å². The van der Waals surface area contributed by atoms with Gasteiger partial charge in [0, 0.05) is 11.6 Å². The van der Waals surface area contributed by atoms with Crippen molar-refractivity contribution in [1.29, 1.82) is 0 Å². The quantitative estimate of drug-likeness (QED) is 0.278. The first-order chi connectivity index (χ1) is 15.8. The molecule has 0 atom stereocenters. The molecule has 174 valence electrons. The summed E-state index contributed by atoms with van der Waals surface area (Å²) in [4.78, 5) is 7.46. The molecule has 0 bridgehead atoms. The SMILES string of the molecule is COc1c(-c2ccc(F)cc2)cccc1-c1nc2c(ccc3cc(S(=O)(=O)O)cc(O)c32)[nH]1.Cl. The highest BCUT2D eigenvalue weighted by atomic mass is 35.5. The molecule has 1 aromatic heterocycles. The van der Waals surface area contributed by atoms with E-state index < -0.39 is 15.0 Å². The molecule has 0 spiro atoms. The summed E-state index contributed by atoms with van der Waals surface area (Å²) in [6.07, 6.45) is 0. The number of nitrogens with one attached hydrogen (secondary N) is 1. The summed E-state index contributed by atoms with van der Waals surface area (Å²) in [5.74, 6) is 0.340. The molecular formula is C24H18ClFN2O5S. The number of phenols is 1. The minimum atomic E-state index is -4.48. The molecule has 0 saturated heterocycles. The Labute approximate surface area is 200 Å². The monoisotopic (exact) mass is 500 g/mol. The highest BCUT2D eigenvalue weighted by molar-refractivity contribution is 7.85. The molecule has 0 fully saturated rings. The van der Waals surface area contributed by atoms with E-state index in [1.54, 1.807) is 24.3 Å². The number of halogens is 2. The summed E-state index contributed by atoms with van der Waals surface area (Å²) in [5.41, 5.74) is 3.21. The molecule has 0 amide bonds. The van der Waals surface area contributed by atoms with Gasteiger partial charge in [0.1, 0.15) is 28.7 Å². The van der Waals surface area contributed by atoms with Crippen molar-refractivity contribution in [3.05, 3.63) is 72.5 Å². The molecule has 7 nitrogen and oxygen atoms in total. The third-order valence-electron chi connectivity index (χ3n) is 5.45. The first-order valence-corrected chi connectivity index (χ1v) is 11.3. The Balaban J connectivity index is 0.00000274. The number of hydrogen-bond acceptors (Lipinski definition) is 5. The molecule has 3 N–H and O–H groups in total. The second-order valence-corrected chi connectivity index (χ2v) is 8.88. The second-order valence-electron chi connectivity index (χ2n) is 7.46. The molecule has 0 radical (unpaired) electrons. The summed E-state index contributed by atoms with van der Waals surface area (Å²) in [6, 6.07) is 17.2. The van der Waals surface area contributed by atoms with Crippen molar-refractivity contribution >= 4 is 44.3 Å². The molecule has 4 aromatic carbocycles. The van der Waals surface area contributed by atoms with E-state index in [1.165, 1.54) is 25.3 Å². The van der Waals surface area contributed by atoms with E-state index >= 15 is 0 Å². The molecular weight excluding hydrogens is 483 g/mol. The van der Waals surface area contributed by atoms with Gasteiger partial charge in [-0.15, -0.1) is 12.4 Å². The van der Waals surface area contributed by atoms with Crippen LogP contribution in [0.15, 0.2) is 71.6 Å². The van der Waals surface area contributed by atoms with Gasteiger partial charge < -0.3 is 14.8 Å². The zero-order valence-electron chi connectivity index (χ0n) is 17.6. The van der Waals surface area contributed by atoms with Crippen LogP contribution in [0.1, 0.15) is 0 Å². The van der Waals surface area contributed by atoms with Crippen molar-refractivity contribution in [3.63, 3.8) is 0 Å². The normalized spacial score (nSPS) is 11.5. The summed E-state index contributed by atoms with van der Waals surface area (Å²) < 4.78 is 51.4. The van der Waals surface area contributed by atoms with E-state index in [-0.39, 0.29) is 24.0 Å². The fraction of sp³-hybridized carbons (Fsp3) is 0.0417. The maximum atomic E-state index is 13.4. The Hall–Kier alpha value is -3.66. The van der Waals surface area contributed by atoms with Crippen LogP contribution in [0, 0.1) is 5.82 Å². The third-order valence-corrected chi connectivity index (χ3v) is 6.28. The zero-order valence-corrected chi connectivity index (χ0v) is 19.2. The molecule has 0 unspecified atom stereocenters. The van der Waals surface area contributed by atoms with Crippen molar-refractivity contribution in [3.8, 4) is 34.0 Å². The van der Waals surface area contributed by atoms with Gasteiger partial charge in [-0.2, -0.15) is 8.42 Å². The number of methoxy groups -OCH3 is 1. The molecule has 10 heteroatoms. The van der Waals surface area contributed by atoms with E-state index in [9.17, 15) is 22.5 Å². The number of ether oxygens (including phenoxy) is 1. The molecule has 0 aliphatic rings. The number of rotatable bonds is 4. The average molecular weight is 501 g/mol. The van der Waals surface area contributed by atoms with Gasteiger partial charge >= 0.3 is 0 Å². The number of hydrogen-bond donors (Lipinski definition) is 3. The number of phenolic OH excluding ortho intramolecular Hbond substituents is 1. The second kappa shape index (κ2) is 8.60. The Morgan fingerprint density at radius 2 is 1.71 bits per heavy atom. The average Bonchev–Trinajstić information content (AvgIpc) is 3.22. The fourth-order valence-corrected chi connectivity index (χ4v) is 4.50. The van der Waals surface area contributed by atoms with Crippen molar-refractivity contribution in [2.24, 2.45) is 0 Å². The van der Waals surface area contributed by atoms with E-state index in [0.29, 0.717) is 38.9 Å². The number of aromatic nitrogens is 2. The number of imidazole rings is 1. The number of aromatic amines is 1. The summed E-state index contributed by atoms with van der Waals surface area (Å²) in [5, 5.41) is 11.3. The Bertz CT molecular complexity index is 1650. The van der Waals surface area contributed by atoms with Crippen LogP contribution in [-0.4, -0.2) is 35.2 Å². The maximum absolute atomic E-state index is 13.4. The van der Waals surface area contributed by atoms with Gasteiger partial charge in [0.25, 0.3) is 10.1 Å². The Morgan fingerprint density at radius 3 is 2.38 bits per heavy atom. The van der Waals surface area contributed by atoms with Gasteiger partial charge in [-0.3, -0.25) is 4.55 Å². The summed E-state index contributed by atoms with van der Waals surface area (Å²) in [7, 11) is -2.94. The van der Waals surface area contributed by atoms with Crippen LogP contribution in [0.3, 0.4) is 0 Å². The Morgan fingerprint density at radius 1 is 1.00 bits per heavy atom. The lowest BCUT2D eigenvalue weighted by molar-refractivity contribution is 0.418. The lowest BCUT2D eigenvalue weighted by Crippen LogP contribution is -1.97. The largest absolute Gasteiger partial charge is 0.507 e. The Kier molecular flexibility index (Phi) is 5.94. The van der Waals surface area contributed by atoms with Crippen LogP contribution in [-0.2, 0) is 10.1 Å². The number of benzene rings is 4. The van der Waals surface area contributed by atoms with Crippen molar-refractivity contribution < 1.29 is 27.2 Å². The molecule has 5 aromatic rings. The highest BCUT2D eigenvalue weighted by Crippen LogP contribution is 2.40. The molecule has 0 aliphatic heterocycles. The predicted molar refractivity (Wildman–Crippen MR) is 130 cm³/mol. The van der Waals surface area contributed by atoms with Crippen LogP contribution < -0.4 is 4.74 Å². The van der Waals surface area contributed by atoms with Crippen molar-refractivity contribution in [2.75, 3.05) is 7.11 Å². The summed E-state index contributed by atoms with van der Waals surface area (Å²) >= 11 is 0. The number of fused-ring (bicyclic) bond motifs is 3. The maximum Gasteiger partial charge on any atom is 0.294 e. The minimum absolute atomic E-state index is 0. The number of aromatic hydroxyl groups is 1. The molecule has 0 aliphatic carbocycles. The number of H-pyrrole nitrogens is 1. The van der Waals surface area contributed by atoms with Crippen LogP contribution >= 0.6 is 12.4 Å². The number of nitrogens with zero attached hydrogens (tertiary/aromatic N) is 1. The van der Waals surface area contributed by atoms with Crippen molar-refractivity contribution in [1.82, 2.24) is 9.97 Å². The predicted octanol–water partition coefficient (Wildman–Crippen LogP) is 5.57. The van der Waals surface area contributed by atoms with Crippen LogP contribution in [0.5, 0.6) is 11.5 Å². The van der Waals surface area contributed by atoms with E-state index in [1.807, 2.05) is 18.2 Å². The van der Waals surface area contributed by atoms with Gasteiger partial charge in [-0.05, 0) is 41.3 Å². The molecule has 34 heavy (non-hydrogen) atoms. The third kappa shape index (κ3) is 3.94. The van der Waals surface area contributed by atoms with Crippen LogP contribution in [0.25, 0.3) is 44.3 Å². The van der Waals surface area contributed by atoms with Crippen LogP contribution in [0.2, 0.25) is 0 Å². The van der Waals surface area contributed by atoms with Gasteiger partial charge in [0.05, 0.1) is 28.5 Å². The topological polar surface area (TPSA) is 113 Å².